The van der Waals surface area contributed by atoms with Gasteiger partial charge in [-0.05, 0) is 13.0 Å². The molecule has 0 spiro atoms. The second-order valence-corrected chi connectivity index (χ2v) is 9.00. The van der Waals surface area contributed by atoms with Gasteiger partial charge in [0.15, 0.2) is 0 Å². The van der Waals surface area contributed by atoms with Crippen molar-refractivity contribution in [1.82, 2.24) is 0 Å². The summed E-state index contributed by atoms with van der Waals surface area (Å²) >= 11 is 0. The molecule has 0 aromatic rings. The van der Waals surface area contributed by atoms with Crippen LogP contribution >= 0.6 is 0 Å². The molecule has 88 valence electrons. The summed E-state index contributed by atoms with van der Waals surface area (Å²) in [5.74, 6) is -1.07. The lowest BCUT2D eigenvalue weighted by atomic mass is 10.4. The summed E-state index contributed by atoms with van der Waals surface area (Å²) in [7, 11) is -2.20. The van der Waals surface area contributed by atoms with Crippen molar-refractivity contribution in [3.63, 3.8) is 0 Å². The second-order valence-electron chi connectivity index (χ2n) is 4.24. The van der Waals surface area contributed by atoms with Gasteiger partial charge in [-0.25, -0.2) is 4.79 Å². The van der Waals surface area contributed by atoms with E-state index in [9.17, 15) is 18.0 Å². The van der Waals surface area contributed by atoms with Crippen molar-refractivity contribution in [2.75, 3.05) is 0 Å². The van der Waals surface area contributed by atoms with Crippen molar-refractivity contribution in [1.29, 1.82) is 0 Å². The number of aliphatic carboxylic acids is 1. The third-order valence-electron chi connectivity index (χ3n) is 2.00. The molecule has 6 heteroatoms. The predicted octanol–water partition coefficient (Wildman–Crippen LogP) is 3.22. The van der Waals surface area contributed by atoms with Crippen molar-refractivity contribution in [3.05, 3.63) is 11.3 Å². The first kappa shape index (κ1) is 14.2. The minimum absolute atomic E-state index is 0.0289. The average molecular weight is 240 g/mol. The molecular formula is C9H15F3O2Si. The third kappa shape index (κ3) is 7.18. The molecule has 0 saturated heterocycles. The molecule has 0 rings (SSSR count). The van der Waals surface area contributed by atoms with Gasteiger partial charge in [-0.3, -0.25) is 0 Å². The Labute approximate surface area is 87.8 Å². The maximum Gasteiger partial charge on any atom is 0.388 e. The average Bonchev–Trinajstić information content (AvgIpc) is 1.99. The number of carboxylic acid groups (broad SMARTS) is 1. The Bertz CT molecular complexity index is 269. The lowest BCUT2D eigenvalue weighted by Gasteiger charge is -2.19. The van der Waals surface area contributed by atoms with Gasteiger partial charge in [-0.15, -0.1) is 0 Å². The monoisotopic (exact) mass is 240 g/mol. The molecule has 0 saturated carbocycles. The molecule has 0 radical (unpaired) electrons. The Morgan fingerprint density at radius 2 is 1.87 bits per heavy atom. The van der Waals surface area contributed by atoms with Gasteiger partial charge in [0.25, 0.3) is 0 Å². The molecule has 0 amide bonds. The minimum atomic E-state index is -4.16. The van der Waals surface area contributed by atoms with Crippen molar-refractivity contribution in [2.45, 2.75) is 38.7 Å². The van der Waals surface area contributed by atoms with Gasteiger partial charge < -0.3 is 5.11 Å². The molecule has 0 unspecified atom stereocenters. The summed E-state index contributed by atoms with van der Waals surface area (Å²) in [6, 6.07) is 0.0289. The Morgan fingerprint density at radius 3 is 2.20 bits per heavy atom. The SMILES string of the molecule is C/C(=C\[Si](C)(C)CCC(F)(F)F)C(=O)O. The van der Waals surface area contributed by atoms with Crippen LogP contribution in [0.1, 0.15) is 13.3 Å². The zero-order valence-electron chi connectivity index (χ0n) is 8.98. The van der Waals surface area contributed by atoms with Gasteiger partial charge in [0.05, 0.1) is 8.07 Å². The van der Waals surface area contributed by atoms with Crippen LogP contribution in [0, 0.1) is 0 Å². The van der Waals surface area contributed by atoms with E-state index in [1.54, 1.807) is 13.1 Å². The number of halogens is 3. The molecule has 0 aromatic carbocycles. The largest absolute Gasteiger partial charge is 0.478 e. The zero-order valence-corrected chi connectivity index (χ0v) is 9.98. The Balaban J connectivity index is 4.44. The summed E-state index contributed by atoms with van der Waals surface area (Å²) < 4.78 is 35.9. The fourth-order valence-electron chi connectivity index (χ4n) is 1.18. The molecule has 15 heavy (non-hydrogen) atoms. The zero-order chi connectivity index (χ0) is 12.3. The van der Waals surface area contributed by atoms with Crippen LogP contribution in [-0.2, 0) is 4.79 Å². The molecule has 0 aliphatic carbocycles. The fraction of sp³-hybridized carbons (Fsp3) is 0.667. The van der Waals surface area contributed by atoms with Crippen LogP contribution in [0.5, 0.6) is 0 Å². The number of alkyl halides is 3. The van der Waals surface area contributed by atoms with E-state index < -0.39 is 26.6 Å². The maximum absolute atomic E-state index is 12.0. The smallest absolute Gasteiger partial charge is 0.388 e. The normalized spacial score (nSPS) is 14.1. The Kier molecular flexibility index (Phi) is 4.57. The lowest BCUT2D eigenvalue weighted by molar-refractivity contribution is -0.132. The maximum atomic E-state index is 12.0. The second kappa shape index (κ2) is 4.83. The summed E-state index contributed by atoms with van der Waals surface area (Å²) in [6.07, 6.45) is -5.00. The minimum Gasteiger partial charge on any atom is -0.478 e. The molecule has 0 aliphatic rings. The van der Waals surface area contributed by atoms with Gasteiger partial charge in [0, 0.05) is 12.0 Å². The van der Waals surface area contributed by atoms with Crippen molar-refractivity contribution in [2.24, 2.45) is 0 Å². The predicted molar refractivity (Wildman–Crippen MR) is 54.4 cm³/mol. The van der Waals surface area contributed by atoms with Gasteiger partial charge in [-0.1, -0.05) is 18.8 Å². The van der Waals surface area contributed by atoms with Gasteiger partial charge >= 0.3 is 12.1 Å². The van der Waals surface area contributed by atoms with Crippen LogP contribution in [0.4, 0.5) is 13.2 Å². The molecular weight excluding hydrogens is 225 g/mol. The summed E-state index contributed by atoms with van der Waals surface area (Å²) in [5.41, 5.74) is 1.63. The van der Waals surface area contributed by atoms with Crippen molar-refractivity contribution < 1.29 is 23.1 Å². The number of rotatable bonds is 4. The van der Waals surface area contributed by atoms with Gasteiger partial charge in [-0.2, -0.15) is 13.2 Å². The van der Waals surface area contributed by atoms with Gasteiger partial charge in [0.2, 0.25) is 0 Å². The highest BCUT2D eigenvalue weighted by Gasteiger charge is 2.31. The first-order valence-corrected chi connectivity index (χ1v) is 7.81. The lowest BCUT2D eigenvalue weighted by Crippen LogP contribution is -2.26. The number of hydrogen-bond acceptors (Lipinski definition) is 1. The molecule has 0 heterocycles. The highest BCUT2D eigenvalue weighted by atomic mass is 28.3. The molecule has 0 atom stereocenters. The number of carbonyl (C=O) groups is 1. The van der Waals surface area contributed by atoms with E-state index in [1.165, 1.54) is 12.6 Å². The van der Waals surface area contributed by atoms with E-state index in [2.05, 4.69) is 0 Å². The number of hydrogen-bond donors (Lipinski definition) is 1. The topological polar surface area (TPSA) is 37.3 Å². The number of carboxylic acids is 1. The fourth-order valence-corrected chi connectivity index (χ4v) is 3.55. The van der Waals surface area contributed by atoms with E-state index in [0.717, 1.165) is 0 Å². The standard InChI is InChI=1S/C9H15F3O2Si/c1-7(8(13)14)6-15(2,3)5-4-9(10,11)12/h6H,4-5H2,1-3H3,(H,13,14)/b7-6+. The molecule has 2 nitrogen and oxygen atoms in total. The van der Waals surface area contributed by atoms with E-state index in [4.69, 9.17) is 5.11 Å². The molecule has 0 fully saturated rings. The summed E-state index contributed by atoms with van der Waals surface area (Å²) in [4.78, 5) is 10.5. The summed E-state index contributed by atoms with van der Waals surface area (Å²) in [6.45, 7) is 4.86. The van der Waals surface area contributed by atoms with Gasteiger partial charge in [0.1, 0.15) is 0 Å². The van der Waals surface area contributed by atoms with Crippen LogP contribution in [-0.4, -0.2) is 25.3 Å². The Hall–Kier alpha value is -0.783. The van der Waals surface area contributed by atoms with Crippen LogP contribution in [0.15, 0.2) is 11.3 Å². The molecule has 1 N–H and O–H groups in total. The molecule has 0 aromatic heterocycles. The highest BCUT2D eigenvalue weighted by Crippen LogP contribution is 2.27. The molecule has 0 aliphatic heterocycles. The van der Waals surface area contributed by atoms with Crippen LogP contribution < -0.4 is 0 Å². The van der Waals surface area contributed by atoms with E-state index in [-0.39, 0.29) is 11.6 Å². The van der Waals surface area contributed by atoms with Crippen LogP contribution in [0.2, 0.25) is 19.1 Å². The molecule has 0 bridgehead atoms. The third-order valence-corrected chi connectivity index (χ3v) is 4.75. The quantitative estimate of drug-likeness (QED) is 0.605. The summed E-state index contributed by atoms with van der Waals surface area (Å²) in [5, 5.41) is 8.61. The first-order chi connectivity index (χ1) is 6.53. The highest BCUT2D eigenvalue weighted by molar-refractivity contribution is 6.82. The van der Waals surface area contributed by atoms with Crippen molar-refractivity contribution >= 4 is 14.0 Å². The first-order valence-electron chi connectivity index (χ1n) is 4.53. The van der Waals surface area contributed by atoms with Crippen LogP contribution in [0.25, 0.3) is 0 Å². The van der Waals surface area contributed by atoms with E-state index in [1.807, 2.05) is 0 Å². The van der Waals surface area contributed by atoms with Crippen LogP contribution in [0.3, 0.4) is 0 Å². The van der Waals surface area contributed by atoms with E-state index >= 15 is 0 Å². The van der Waals surface area contributed by atoms with E-state index in [0.29, 0.717) is 0 Å². The Morgan fingerprint density at radius 1 is 1.40 bits per heavy atom. The van der Waals surface area contributed by atoms with Crippen molar-refractivity contribution in [3.8, 4) is 0 Å².